The van der Waals surface area contributed by atoms with Crippen molar-refractivity contribution in [2.75, 3.05) is 0 Å². The first-order chi connectivity index (χ1) is 11.9. The number of hydrogen-bond acceptors (Lipinski definition) is 2. The van der Waals surface area contributed by atoms with Crippen LogP contribution in [0.25, 0.3) is 11.1 Å². The van der Waals surface area contributed by atoms with Gasteiger partial charge in [0, 0.05) is 0 Å². The Morgan fingerprint density at radius 1 is 1.00 bits per heavy atom. The average Bonchev–Trinajstić information content (AvgIpc) is 2.81. The van der Waals surface area contributed by atoms with Gasteiger partial charge in [-0.1, -0.05) is 49.4 Å². The van der Waals surface area contributed by atoms with Gasteiger partial charge in [-0.25, -0.2) is 0 Å². The highest BCUT2D eigenvalue weighted by atomic mass is 16.2. The van der Waals surface area contributed by atoms with Crippen molar-refractivity contribution in [3.8, 4) is 11.1 Å². The third kappa shape index (κ3) is 2.41. The lowest BCUT2D eigenvalue weighted by atomic mass is 9.66. The molecule has 2 aliphatic rings. The van der Waals surface area contributed by atoms with Crippen LogP contribution in [-0.2, 0) is 9.59 Å². The van der Waals surface area contributed by atoms with Gasteiger partial charge >= 0.3 is 0 Å². The van der Waals surface area contributed by atoms with Gasteiger partial charge < -0.3 is 5.32 Å². The molecule has 1 N–H and O–H groups in total. The Labute approximate surface area is 148 Å². The zero-order valence-corrected chi connectivity index (χ0v) is 14.9. The summed E-state index contributed by atoms with van der Waals surface area (Å²) >= 11 is 0. The van der Waals surface area contributed by atoms with E-state index in [1.807, 2.05) is 38.1 Å². The Balaban J connectivity index is 1.73. The molecule has 2 aromatic carbocycles. The molecule has 0 aromatic heterocycles. The largest absolute Gasteiger partial charge is 0.343 e. The van der Waals surface area contributed by atoms with Gasteiger partial charge in [-0.15, -0.1) is 0 Å². The minimum Gasteiger partial charge on any atom is -0.343 e. The molecule has 1 saturated heterocycles. The van der Waals surface area contributed by atoms with Crippen molar-refractivity contribution >= 4 is 11.7 Å². The molecule has 2 fully saturated rings. The van der Waals surface area contributed by atoms with Crippen molar-refractivity contribution in [1.29, 1.82) is 0 Å². The summed E-state index contributed by atoms with van der Waals surface area (Å²) < 4.78 is 0. The van der Waals surface area contributed by atoms with E-state index in [1.54, 1.807) is 0 Å². The summed E-state index contributed by atoms with van der Waals surface area (Å²) in [6, 6.07) is 14.3. The lowest BCUT2D eigenvalue weighted by molar-refractivity contribution is -0.128. The van der Waals surface area contributed by atoms with E-state index >= 15 is 0 Å². The van der Waals surface area contributed by atoms with Crippen LogP contribution in [0.5, 0.6) is 0 Å². The number of nitrogens with one attached hydrogen (secondary N) is 1. The van der Waals surface area contributed by atoms with Crippen LogP contribution in [0, 0.1) is 19.8 Å². The number of carbonyl (C=O) groups excluding carboxylic acids is 2. The average molecular weight is 333 g/mol. The number of aryl methyl sites for hydroxylation is 2. The zero-order valence-electron chi connectivity index (χ0n) is 14.9. The molecule has 128 valence electrons. The highest BCUT2D eigenvalue weighted by Crippen LogP contribution is 2.46. The molecule has 2 aromatic rings. The van der Waals surface area contributed by atoms with Gasteiger partial charge in [0.25, 0.3) is 0 Å². The van der Waals surface area contributed by atoms with Crippen LogP contribution in [0.4, 0.5) is 0 Å². The predicted octanol–water partition coefficient (Wildman–Crippen LogP) is 3.92. The quantitative estimate of drug-likeness (QED) is 0.847. The highest BCUT2D eigenvalue weighted by molar-refractivity contribution is 6.17. The van der Waals surface area contributed by atoms with Crippen molar-refractivity contribution in [1.82, 2.24) is 5.32 Å². The molecule has 3 nitrogen and oxygen atoms in total. The number of carbonyl (C=O) groups is 2. The third-order valence-corrected chi connectivity index (χ3v) is 5.76. The Morgan fingerprint density at radius 3 is 2.32 bits per heavy atom. The van der Waals surface area contributed by atoms with E-state index in [-0.39, 0.29) is 11.7 Å². The fraction of sp³-hybridized carbons (Fsp3) is 0.364. The number of benzene rings is 2. The van der Waals surface area contributed by atoms with Gasteiger partial charge in [-0.2, -0.15) is 0 Å². The van der Waals surface area contributed by atoms with E-state index in [1.165, 1.54) is 0 Å². The summed E-state index contributed by atoms with van der Waals surface area (Å²) in [6.45, 7) is 6.17. The lowest BCUT2D eigenvalue weighted by Crippen LogP contribution is -2.56. The van der Waals surface area contributed by atoms with E-state index in [9.17, 15) is 9.59 Å². The topological polar surface area (TPSA) is 46.2 Å². The second-order valence-corrected chi connectivity index (χ2v) is 7.77. The van der Waals surface area contributed by atoms with Crippen molar-refractivity contribution in [3.05, 3.63) is 59.2 Å². The molecule has 1 atom stereocenters. The molecule has 1 amide bonds. The fourth-order valence-corrected chi connectivity index (χ4v) is 4.56. The smallest absolute Gasteiger partial charge is 0.235 e. The molecule has 1 aliphatic heterocycles. The number of amides is 1. The maximum absolute atomic E-state index is 13.0. The minimum absolute atomic E-state index is 0.0607. The number of ketones is 1. The Bertz CT molecular complexity index is 863. The number of hydrogen-bond donors (Lipinski definition) is 1. The second-order valence-electron chi connectivity index (χ2n) is 7.77. The molecule has 4 rings (SSSR count). The van der Waals surface area contributed by atoms with Gasteiger partial charge in [0.1, 0.15) is 11.5 Å². The summed E-state index contributed by atoms with van der Waals surface area (Å²) in [5, 5.41) is 3.00. The van der Waals surface area contributed by atoms with Gasteiger partial charge in [-0.3, -0.25) is 9.59 Å². The van der Waals surface area contributed by atoms with E-state index in [0.717, 1.165) is 40.7 Å². The van der Waals surface area contributed by atoms with Gasteiger partial charge in [-0.05, 0) is 60.4 Å². The van der Waals surface area contributed by atoms with Crippen LogP contribution >= 0.6 is 0 Å². The van der Waals surface area contributed by atoms with Crippen LogP contribution in [0.3, 0.4) is 0 Å². The minimum atomic E-state index is -0.656. The van der Waals surface area contributed by atoms with Gasteiger partial charge in [0.2, 0.25) is 5.91 Å². The van der Waals surface area contributed by atoms with Crippen molar-refractivity contribution in [3.63, 3.8) is 0 Å². The molecule has 3 heteroatoms. The van der Waals surface area contributed by atoms with E-state index < -0.39 is 11.5 Å². The van der Waals surface area contributed by atoms with Crippen LogP contribution in [-0.4, -0.2) is 17.2 Å². The van der Waals surface area contributed by atoms with Crippen molar-refractivity contribution in [2.45, 2.75) is 45.1 Å². The first kappa shape index (κ1) is 16.1. The predicted molar refractivity (Wildman–Crippen MR) is 98.4 cm³/mol. The molecule has 0 bridgehead atoms. The van der Waals surface area contributed by atoms with Gasteiger partial charge in [0.15, 0.2) is 5.78 Å². The number of rotatable bonds is 2. The summed E-state index contributed by atoms with van der Waals surface area (Å²) in [5.74, 6) is -0.222. The standard InChI is InChI=1S/C22H23NO2/c1-13-11-22(12-13)20(24)19(21(25)23-22)18-10-14(2)17(9-15(18)3)16-7-5-4-6-8-16/h4-10,13,19H,11-12H2,1-3H3,(H,23,25). The van der Waals surface area contributed by atoms with E-state index in [4.69, 9.17) is 0 Å². The van der Waals surface area contributed by atoms with Crippen LogP contribution in [0.1, 0.15) is 42.4 Å². The molecule has 1 unspecified atom stereocenters. The summed E-state index contributed by atoms with van der Waals surface area (Å²) in [7, 11) is 0. The van der Waals surface area contributed by atoms with Crippen LogP contribution < -0.4 is 5.32 Å². The van der Waals surface area contributed by atoms with E-state index in [0.29, 0.717) is 5.92 Å². The highest BCUT2D eigenvalue weighted by Gasteiger charge is 2.58. The Kier molecular flexibility index (Phi) is 3.57. The molecule has 0 radical (unpaired) electrons. The summed E-state index contributed by atoms with van der Waals surface area (Å²) in [5.41, 5.74) is 4.66. The van der Waals surface area contributed by atoms with Gasteiger partial charge in [0.05, 0.1) is 0 Å². The SMILES string of the molecule is Cc1cc(C2C(=O)NC3(CC(C)C3)C2=O)c(C)cc1-c1ccccc1. The first-order valence-electron chi connectivity index (χ1n) is 8.94. The third-order valence-electron chi connectivity index (χ3n) is 5.76. The molecule has 1 aliphatic carbocycles. The fourth-order valence-electron chi connectivity index (χ4n) is 4.56. The van der Waals surface area contributed by atoms with Crippen LogP contribution in [0.2, 0.25) is 0 Å². The molecule has 1 saturated carbocycles. The van der Waals surface area contributed by atoms with E-state index in [2.05, 4.69) is 30.4 Å². The van der Waals surface area contributed by atoms with Crippen molar-refractivity contribution < 1.29 is 9.59 Å². The number of Topliss-reactive ketones (excluding diaryl/α,β-unsaturated/α-hetero) is 1. The molecule has 25 heavy (non-hydrogen) atoms. The Morgan fingerprint density at radius 2 is 1.68 bits per heavy atom. The molecule has 1 spiro atoms. The van der Waals surface area contributed by atoms with Crippen LogP contribution in [0.15, 0.2) is 42.5 Å². The molecular weight excluding hydrogens is 310 g/mol. The van der Waals surface area contributed by atoms with Crippen molar-refractivity contribution in [2.24, 2.45) is 5.92 Å². The Hall–Kier alpha value is -2.42. The maximum Gasteiger partial charge on any atom is 0.235 e. The zero-order chi connectivity index (χ0) is 17.8. The first-order valence-corrected chi connectivity index (χ1v) is 8.94. The monoisotopic (exact) mass is 333 g/mol. The summed E-state index contributed by atoms with van der Waals surface area (Å²) in [6.07, 6.45) is 1.54. The summed E-state index contributed by atoms with van der Waals surface area (Å²) in [4.78, 5) is 25.6. The molecule has 1 heterocycles. The second kappa shape index (κ2) is 5.55. The molecular formula is C22H23NO2. The maximum atomic E-state index is 13.0. The lowest BCUT2D eigenvalue weighted by Gasteiger charge is -2.41. The normalized spacial score (nSPS) is 28.1.